The van der Waals surface area contributed by atoms with E-state index in [2.05, 4.69) is 0 Å². The van der Waals surface area contributed by atoms with E-state index >= 15 is 0 Å². The van der Waals surface area contributed by atoms with Crippen molar-refractivity contribution < 1.29 is 19.0 Å². The number of carbonyl (C=O) groups is 1. The topological polar surface area (TPSA) is 44.8 Å². The lowest BCUT2D eigenvalue weighted by atomic mass is 9.98. The van der Waals surface area contributed by atoms with Crippen LogP contribution in [0.2, 0.25) is 0 Å². The second-order valence-electron chi connectivity index (χ2n) is 4.58. The average molecular weight is 286 g/mol. The Kier molecular flexibility index (Phi) is 4.48. The van der Waals surface area contributed by atoms with Crippen molar-refractivity contribution in [1.29, 1.82) is 0 Å². The number of hydrogen-bond donors (Lipinski definition) is 0. The molecule has 0 amide bonds. The van der Waals surface area contributed by atoms with Crippen LogP contribution in [0.5, 0.6) is 17.2 Å². The van der Waals surface area contributed by atoms with Crippen LogP contribution in [-0.2, 0) is 0 Å². The zero-order chi connectivity index (χ0) is 15.4. The summed E-state index contributed by atoms with van der Waals surface area (Å²) in [5.41, 5.74) is 1.99. The zero-order valence-corrected chi connectivity index (χ0v) is 12.6. The van der Waals surface area contributed by atoms with Crippen LogP contribution in [-0.4, -0.2) is 27.1 Å². The molecule has 0 aromatic heterocycles. The maximum absolute atomic E-state index is 12.7. The molecule has 0 fully saturated rings. The summed E-state index contributed by atoms with van der Waals surface area (Å²) in [4.78, 5) is 12.7. The van der Waals surface area contributed by atoms with E-state index in [9.17, 15) is 4.79 Å². The first-order chi connectivity index (χ1) is 10.1. The van der Waals surface area contributed by atoms with E-state index in [1.807, 2.05) is 13.0 Å². The van der Waals surface area contributed by atoms with Crippen molar-refractivity contribution in [2.75, 3.05) is 21.3 Å². The Labute approximate surface area is 124 Å². The molecule has 4 nitrogen and oxygen atoms in total. The summed E-state index contributed by atoms with van der Waals surface area (Å²) in [7, 11) is 4.71. The highest BCUT2D eigenvalue weighted by Gasteiger charge is 2.17. The SMILES string of the molecule is COc1ccc(C(=O)c2ccc(OC)cc2OC)c(C)c1. The van der Waals surface area contributed by atoms with Crippen LogP contribution in [0.4, 0.5) is 0 Å². The molecule has 0 atom stereocenters. The second kappa shape index (κ2) is 6.31. The van der Waals surface area contributed by atoms with Crippen LogP contribution >= 0.6 is 0 Å². The van der Waals surface area contributed by atoms with E-state index in [-0.39, 0.29) is 5.78 Å². The minimum Gasteiger partial charge on any atom is -0.497 e. The van der Waals surface area contributed by atoms with Gasteiger partial charge in [-0.25, -0.2) is 0 Å². The normalized spacial score (nSPS) is 10.1. The molecule has 0 bridgehead atoms. The fourth-order valence-electron chi connectivity index (χ4n) is 2.15. The van der Waals surface area contributed by atoms with Gasteiger partial charge >= 0.3 is 0 Å². The summed E-state index contributed by atoms with van der Waals surface area (Å²) < 4.78 is 15.6. The molecule has 0 unspecified atom stereocenters. The van der Waals surface area contributed by atoms with Gasteiger partial charge in [-0.1, -0.05) is 0 Å². The molecule has 21 heavy (non-hydrogen) atoms. The molecule has 0 N–H and O–H groups in total. The average Bonchev–Trinajstić information content (AvgIpc) is 2.53. The molecule has 110 valence electrons. The number of methoxy groups -OCH3 is 3. The third-order valence-electron chi connectivity index (χ3n) is 3.33. The monoisotopic (exact) mass is 286 g/mol. The van der Waals surface area contributed by atoms with Crippen LogP contribution in [0.15, 0.2) is 36.4 Å². The van der Waals surface area contributed by atoms with Crippen molar-refractivity contribution >= 4 is 5.78 Å². The predicted molar refractivity (Wildman–Crippen MR) is 80.7 cm³/mol. The van der Waals surface area contributed by atoms with Crippen LogP contribution in [0, 0.1) is 6.92 Å². The molecule has 2 aromatic carbocycles. The molecular formula is C17H18O4. The Hall–Kier alpha value is -2.49. The zero-order valence-electron chi connectivity index (χ0n) is 12.6. The first kappa shape index (κ1) is 14.9. The van der Waals surface area contributed by atoms with Crippen LogP contribution in [0.25, 0.3) is 0 Å². The molecule has 0 aliphatic rings. The van der Waals surface area contributed by atoms with Gasteiger partial charge < -0.3 is 14.2 Å². The summed E-state index contributed by atoms with van der Waals surface area (Å²) in [5.74, 6) is 1.78. The molecule has 0 spiro atoms. The molecule has 0 aliphatic carbocycles. The molecule has 0 radical (unpaired) electrons. The molecule has 0 aliphatic heterocycles. The lowest BCUT2D eigenvalue weighted by Gasteiger charge is -2.11. The third kappa shape index (κ3) is 2.99. The summed E-state index contributed by atoms with van der Waals surface area (Å²) in [6.45, 7) is 1.88. The van der Waals surface area contributed by atoms with Crippen molar-refractivity contribution in [1.82, 2.24) is 0 Å². The van der Waals surface area contributed by atoms with Crippen molar-refractivity contribution in [3.05, 3.63) is 53.1 Å². The van der Waals surface area contributed by atoms with Gasteiger partial charge in [0.15, 0.2) is 5.78 Å². The lowest BCUT2D eigenvalue weighted by molar-refractivity contribution is 0.103. The number of aryl methyl sites for hydroxylation is 1. The first-order valence-corrected chi connectivity index (χ1v) is 6.52. The molecule has 2 rings (SSSR count). The van der Waals surface area contributed by atoms with Crippen molar-refractivity contribution in [2.45, 2.75) is 6.92 Å². The van der Waals surface area contributed by atoms with Gasteiger partial charge in [0.25, 0.3) is 0 Å². The second-order valence-corrected chi connectivity index (χ2v) is 4.58. The number of carbonyl (C=O) groups excluding carboxylic acids is 1. The molecule has 2 aromatic rings. The number of hydrogen-bond acceptors (Lipinski definition) is 4. The van der Waals surface area contributed by atoms with Gasteiger partial charge in [-0.05, 0) is 42.8 Å². The number of ether oxygens (including phenoxy) is 3. The summed E-state index contributed by atoms with van der Waals surface area (Å²) in [6, 6.07) is 10.5. The van der Waals surface area contributed by atoms with Gasteiger partial charge in [0.1, 0.15) is 17.2 Å². The Morgan fingerprint density at radius 1 is 0.810 bits per heavy atom. The van der Waals surface area contributed by atoms with E-state index in [0.29, 0.717) is 22.6 Å². The van der Waals surface area contributed by atoms with Gasteiger partial charge in [-0.15, -0.1) is 0 Å². The minimum atomic E-state index is -0.0883. The van der Waals surface area contributed by atoms with E-state index in [4.69, 9.17) is 14.2 Å². The van der Waals surface area contributed by atoms with E-state index in [1.54, 1.807) is 44.6 Å². The fourth-order valence-corrected chi connectivity index (χ4v) is 2.15. The quantitative estimate of drug-likeness (QED) is 0.791. The summed E-state index contributed by atoms with van der Waals surface area (Å²) >= 11 is 0. The summed E-state index contributed by atoms with van der Waals surface area (Å²) in [5, 5.41) is 0. The molecule has 0 saturated heterocycles. The van der Waals surface area contributed by atoms with Gasteiger partial charge in [0.2, 0.25) is 0 Å². The molecule has 0 heterocycles. The Morgan fingerprint density at radius 2 is 1.38 bits per heavy atom. The van der Waals surface area contributed by atoms with E-state index < -0.39 is 0 Å². The lowest BCUT2D eigenvalue weighted by Crippen LogP contribution is -2.06. The van der Waals surface area contributed by atoms with Gasteiger partial charge in [-0.3, -0.25) is 4.79 Å². The maximum Gasteiger partial charge on any atom is 0.197 e. The number of benzene rings is 2. The standard InChI is InChI=1S/C17H18O4/c1-11-9-12(19-2)5-7-14(11)17(18)15-8-6-13(20-3)10-16(15)21-4/h5-10H,1-4H3. The smallest absolute Gasteiger partial charge is 0.197 e. The third-order valence-corrected chi connectivity index (χ3v) is 3.33. The van der Waals surface area contributed by atoms with Gasteiger partial charge in [0, 0.05) is 11.6 Å². The van der Waals surface area contributed by atoms with Crippen molar-refractivity contribution in [3.63, 3.8) is 0 Å². The van der Waals surface area contributed by atoms with Crippen molar-refractivity contribution in [3.8, 4) is 17.2 Å². The van der Waals surface area contributed by atoms with Crippen molar-refractivity contribution in [2.24, 2.45) is 0 Å². The summed E-state index contributed by atoms with van der Waals surface area (Å²) in [6.07, 6.45) is 0. The largest absolute Gasteiger partial charge is 0.497 e. The molecule has 0 saturated carbocycles. The number of rotatable bonds is 5. The Bertz CT molecular complexity index is 662. The highest BCUT2D eigenvalue weighted by atomic mass is 16.5. The highest BCUT2D eigenvalue weighted by Crippen LogP contribution is 2.28. The van der Waals surface area contributed by atoms with Gasteiger partial charge in [0.05, 0.1) is 26.9 Å². The predicted octanol–water partition coefficient (Wildman–Crippen LogP) is 3.25. The fraction of sp³-hybridized carbons (Fsp3) is 0.235. The van der Waals surface area contributed by atoms with E-state index in [0.717, 1.165) is 11.3 Å². The Balaban J connectivity index is 2.44. The van der Waals surface area contributed by atoms with Crippen LogP contribution in [0.3, 0.4) is 0 Å². The Morgan fingerprint density at radius 3 is 1.90 bits per heavy atom. The molecular weight excluding hydrogens is 268 g/mol. The highest BCUT2D eigenvalue weighted by molar-refractivity contribution is 6.11. The van der Waals surface area contributed by atoms with Gasteiger partial charge in [-0.2, -0.15) is 0 Å². The maximum atomic E-state index is 12.7. The van der Waals surface area contributed by atoms with E-state index in [1.165, 1.54) is 7.11 Å². The minimum absolute atomic E-state index is 0.0883. The van der Waals surface area contributed by atoms with Crippen LogP contribution in [0.1, 0.15) is 21.5 Å². The molecule has 4 heteroatoms. The first-order valence-electron chi connectivity index (χ1n) is 6.52. The van der Waals surface area contributed by atoms with Crippen LogP contribution < -0.4 is 14.2 Å². The number of ketones is 1.